The van der Waals surface area contributed by atoms with Crippen molar-refractivity contribution in [3.05, 3.63) is 54.0 Å². The van der Waals surface area contributed by atoms with E-state index in [0.29, 0.717) is 13.0 Å². The summed E-state index contributed by atoms with van der Waals surface area (Å²) in [6.45, 7) is 6.64. The third kappa shape index (κ3) is 4.15. The number of amides is 1. The van der Waals surface area contributed by atoms with Crippen LogP contribution in [-0.2, 0) is 11.3 Å². The molecule has 0 aliphatic carbocycles. The minimum absolute atomic E-state index is 0.00143. The first-order valence-corrected chi connectivity index (χ1v) is 8.02. The van der Waals surface area contributed by atoms with Crippen molar-refractivity contribution < 1.29 is 13.9 Å². The second-order valence-electron chi connectivity index (χ2n) is 5.92. The first kappa shape index (κ1) is 17.1. The van der Waals surface area contributed by atoms with Crippen LogP contribution in [0.5, 0.6) is 5.75 Å². The number of ether oxygens (including phenoxy) is 1. The Hall–Kier alpha value is -2.23. The maximum atomic E-state index is 12.5. The van der Waals surface area contributed by atoms with E-state index in [1.165, 1.54) is 0 Å². The summed E-state index contributed by atoms with van der Waals surface area (Å²) in [6, 6.07) is 11.7. The summed E-state index contributed by atoms with van der Waals surface area (Å²) in [6.07, 6.45) is 2.11. The molecular weight excluding hydrogens is 290 g/mol. The molecule has 0 saturated heterocycles. The lowest BCUT2D eigenvalue weighted by atomic mass is 9.93. The smallest absolute Gasteiger partial charge is 0.223 e. The molecule has 124 valence electrons. The van der Waals surface area contributed by atoms with Crippen LogP contribution in [0.15, 0.2) is 47.1 Å². The maximum absolute atomic E-state index is 12.5. The van der Waals surface area contributed by atoms with Crippen LogP contribution in [-0.4, -0.2) is 17.9 Å². The molecule has 1 aromatic heterocycles. The van der Waals surface area contributed by atoms with Gasteiger partial charge in [0.15, 0.2) is 0 Å². The van der Waals surface area contributed by atoms with Crippen molar-refractivity contribution in [2.45, 2.75) is 39.8 Å². The molecule has 0 aliphatic rings. The van der Waals surface area contributed by atoms with Gasteiger partial charge in [0.25, 0.3) is 0 Å². The van der Waals surface area contributed by atoms with Crippen LogP contribution in [0.3, 0.4) is 0 Å². The van der Waals surface area contributed by atoms with Crippen molar-refractivity contribution in [1.29, 1.82) is 0 Å². The predicted molar refractivity (Wildman–Crippen MR) is 90.1 cm³/mol. The first-order chi connectivity index (χ1) is 11.1. The molecule has 0 unspecified atom stereocenters. The van der Waals surface area contributed by atoms with Gasteiger partial charge < -0.3 is 14.1 Å². The Morgan fingerprint density at radius 3 is 2.39 bits per heavy atom. The fourth-order valence-corrected chi connectivity index (χ4v) is 2.84. The zero-order valence-corrected chi connectivity index (χ0v) is 14.3. The highest BCUT2D eigenvalue weighted by atomic mass is 16.5. The van der Waals surface area contributed by atoms with Crippen molar-refractivity contribution in [2.75, 3.05) is 7.11 Å². The number of furan rings is 1. The fourth-order valence-electron chi connectivity index (χ4n) is 2.84. The highest BCUT2D eigenvalue weighted by molar-refractivity contribution is 5.76. The van der Waals surface area contributed by atoms with Gasteiger partial charge in [0.1, 0.15) is 11.5 Å². The summed E-state index contributed by atoms with van der Waals surface area (Å²) < 4.78 is 10.7. The third-order valence-electron chi connectivity index (χ3n) is 3.95. The Balaban J connectivity index is 2.34. The maximum Gasteiger partial charge on any atom is 0.223 e. The zero-order chi connectivity index (χ0) is 16.8. The van der Waals surface area contributed by atoms with E-state index >= 15 is 0 Å². The van der Waals surface area contributed by atoms with Gasteiger partial charge in [-0.1, -0.05) is 32.9 Å². The van der Waals surface area contributed by atoms with E-state index in [2.05, 4.69) is 13.8 Å². The van der Waals surface area contributed by atoms with Gasteiger partial charge >= 0.3 is 0 Å². The molecule has 2 aromatic rings. The van der Waals surface area contributed by atoms with Crippen molar-refractivity contribution >= 4 is 5.91 Å². The normalized spacial score (nSPS) is 12.2. The summed E-state index contributed by atoms with van der Waals surface area (Å²) in [5.41, 5.74) is 1.11. The minimum Gasteiger partial charge on any atom is -0.497 e. The van der Waals surface area contributed by atoms with Crippen LogP contribution < -0.4 is 4.74 Å². The second kappa shape index (κ2) is 7.86. The quantitative estimate of drug-likeness (QED) is 0.759. The average Bonchev–Trinajstić information content (AvgIpc) is 3.07. The van der Waals surface area contributed by atoms with Gasteiger partial charge in [-0.25, -0.2) is 0 Å². The van der Waals surface area contributed by atoms with Gasteiger partial charge in [0, 0.05) is 6.42 Å². The highest BCUT2D eigenvalue weighted by Gasteiger charge is 2.27. The van der Waals surface area contributed by atoms with Crippen LogP contribution in [0.1, 0.15) is 44.6 Å². The van der Waals surface area contributed by atoms with Crippen LogP contribution in [0.2, 0.25) is 0 Å². The molecule has 0 aliphatic heterocycles. The number of nitrogens with zero attached hydrogens (tertiary/aromatic N) is 1. The summed E-state index contributed by atoms with van der Waals surface area (Å²) in [5, 5.41) is 0. The molecule has 1 amide bonds. The lowest BCUT2D eigenvalue weighted by Gasteiger charge is -2.34. The van der Waals surface area contributed by atoms with Crippen LogP contribution in [0.25, 0.3) is 0 Å². The summed E-state index contributed by atoms with van der Waals surface area (Å²) in [4.78, 5) is 14.4. The van der Waals surface area contributed by atoms with Gasteiger partial charge in [-0.2, -0.15) is 0 Å². The van der Waals surface area contributed by atoms with E-state index in [1.54, 1.807) is 13.4 Å². The van der Waals surface area contributed by atoms with Gasteiger partial charge in [-0.05, 0) is 35.7 Å². The monoisotopic (exact) mass is 315 g/mol. The number of rotatable bonds is 7. The van der Waals surface area contributed by atoms with Gasteiger partial charge in [0.2, 0.25) is 5.91 Å². The number of benzene rings is 1. The van der Waals surface area contributed by atoms with Crippen molar-refractivity contribution in [3.63, 3.8) is 0 Å². The number of methoxy groups -OCH3 is 1. The standard InChI is InChI=1S/C19H25NO3/c1-5-18(21)20(13-17-7-6-12-23-17)19(14(2)3)15-8-10-16(22-4)11-9-15/h6-12,14,19H,5,13H2,1-4H3/t19-/m1/s1. The molecule has 0 N–H and O–H groups in total. The highest BCUT2D eigenvalue weighted by Crippen LogP contribution is 2.31. The molecule has 0 fully saturated rings. The van der Waals surface area contributed by atoms with Gasteiger partial charge in [-0.3, -0.25) is 4.79 Å². The van der Waals surface area contributed by atoms with Crippen LogP contribution >= 0.6 is 0 Å². The molecule has 2 rings (SSSR count). The topological polar surface area (TPSA) is 42.7 Å². The van der Waals surface area contributed by atoms with E-state index in [1.807, 2.05) is 48.2 Å². The van der Waals surface area contributed by atoms with Gasteiger partial charge in [0.05, 0.1) is 26.0 Å². The number of hydrogen-bond acceptors (Lipinski definition) is 3. The average molecular weight is 315 g/mol. The molecular formula is C19H25NO3. The Morgan fingerprint density at radius 2 is 1.91 bits per heavy atom. The molecule has 0 spiro atoms. The largest absolute Gasteiger partial charge is 0.497 e. The first-order valence-electron chi connectivity index (χ1n) is 8.02. The van der Waals surface area contributed by atoms with E-state index < -0.39 is 0 Å². The van der Waals surface area contributed by atoms with Crippen molar-refractivity contribution in [1.82, 2.24) is 4.90 Å². The second-order valence-corrected chi connectivity index (χ2v) is 5.92. The summed E-state index contributed by atoms with van der Waals surface area (Å²) in [7, 11) is 1.65. The number of carbonyl (C=O) groups is 1. The van der Waals surface area contributed by atoms with Crippen molar-refractivity contribution in [3.8, 4) is 5.75 Å². The molecule has 0 saturated carbocycles. The van der Waals surface area contributed by atoms with E-state index in [-0.39, 0.29) is 17.9 Å². The summed E-state index contributed by atoms with van der Waals surface area (Å²) in [5.74, 6) is 2.02. The molecule has 0 bridgehead atoms. The molecule has 4 heteroatoms. The van der Waals surface area contributed by atoms with Crippen LogP contribution in [0, 0.1) is 5.92 Å². The SMILES string of the molecule is CCC(=O)N(Cc1ccco1)[C@@H](c1ccc(OC)cc1)C(C)C. The molecule has 1 atom stereocenters. The molecule has 0 radical (unpaired) electrons. The van der Waals surface area contributed by atoms with E-state index in [0.717, 1.165) is 17.1 Å². The Morgan fingerprint density at radius 1 is 1.22 bits per heavy atom. The molecule has 1 heterocycles. The minimum atomic E-state index is -0.00143. The number of carbonyl (C=O) groups excluding carboxylic acids is 1. The zero-order valence-electron chi connectivity index (χ0n) is 14.3. The molecule has 23 heavy (non-hydrogen) atoms. The van der Waals surface area contributed by atoms with E-state index in [4.69, 9.17) is 9.15 Å². The fraction of sp³-hybridized carbons (Fsp3) is 0.421. The van der Waals surface area contributed by atoms with Crippen molar-refractivity contribution in [2.24, 2.45) is 5.92 Å². The Bertz CT molecular complexity index is 602. The Labute approximate surface area is 138 Å². The summed E-state index contributed by atoms with van der Waals surface area (Å²) >= 11 is 0. The lowest BCUT2D eigenvalue weighted by Crippen LogP contribution is -2.36. The lowest BCUT2D eigenvalue weighted by molar-refractivity contribution is -0.135. The van der Waals surface area contributed by atoms with Gasteiger partial charge in [-0.15, -0.1) is 0 Å². The Kier molecular flexibility index (Phi) is 5.85. The number of hydrogen-bond donors (Lipinski definition) is 0. The third-order valence-corrected chi connectivity index (χ3v) is 3.95. The van der Waals surface area contributed by atoms with Crippen LogP contribution in [0.4, 0.5) is 0 Å². The van der Waals surface area contributed by atoms with E-state index in [9.17, 15) is 4.79 Å². The predicted octanol–water partition coefficient (Wildman–Crippen LogP) is 4.42. The molecule has 1 aromatic carbocycles. The molecule has 4 nitrogen and oxygen atoms in total.